The average Bonchev–Trinajstić information content (AvgIpc) is 3.02. The fourth-order valence-electron chi connectivity index (χ4n) is 3.98. The molecule has 0 saturated carbocycles. The second kappa shape index (κ2) is 6.28. The number of anilines is 1. The number of rotatable bonds is 3. The topological polar surface area (TPSA) is 78.7 Å². The van der Waals surface area contributed by atoms with Crippen LogP contribution in [0.25, 0.3) is 11.4 Å². The second-order valence-electron chi connectivity index (χ2n) is 7.13. The van der Waals surface area contributed by atoms with Crippen LogP contribution < -0.4 is 4.90 Å². The van der Waals surface area contributed by atoms with Crippen molar-refractivity contribution < 1.29 is 14.9 Å². The molecule has 25 heavy (non-hydrogen) atoms. The van der Waals surface area contributed by atoms with Gasteiger partial charge in [0, 0.05) is 42.8 Å². The molecular weight excluding hydrogens is 318 g/mol. The maximum absolute atomic E-state index is 10.1. The van der Waals surface area contributed by atoms with Gasteiger partial charge in [-0.1, -0.05) is 12.1 Å². The van der Waals surface area contributed by atoms with Crippen LogP contribution in [0.1, 0.15) is 12.1 Å². The number of aliphatic hydroxyl groups is 1. The number of para-hydroxylation sites is 1. The molecule has 1 aromatic heterocycles. The molecule has 6 heteroatoms. The molecule has 0 spiro atoms. The maximum atomic E-state index is 10.1. The van der Waals surface area contributed by atoms with Crippen LogP contribution in [-0.2, 0) is 4.74 Å². The summed E-state index contributed by atoms with van der Waals surface area (Å²) in [5.74, 6) is 1.86. The Labute approximate surface area is 147 Å². The van der Waals surface area contributed by atoms with E-state index < -0.39 is 0 Å². The van der Waals surface area contributed by atoms with Crippen molar-refractivity contribution in [1.82, 2.24) is 9.97 Å². The summed E-state index contributed by atoms with van der Waals surface area (Å²) in [5, 5.41) is 20.1. The van der Waals surface area contributed by atoms with Gasteiger partial charge in [0.1, 0.15) is 11.6 Å². The van der Waals surface area contributed by atoms with E-state index in [1.54, 1.807) is 12.1 Å². The first kappa shape index (κ1) is 16.3. The normalized spacial score (nSPS) is 25.8. The minimum Gasteiger partial charge on any atom is -0.507 e. The van der Waals surface area contributed by atoms with Gasteiger partial charge in [-0.25, -0.2) is 9.97 Å². The molecule has 1 aromatic carbocycles. The average molecular weight is 341 g/mol. The van der Waals surface area contributed by atoms with E-state index in [4.69, 9.17) is 9.72 Å². The third-order valence-electron chi connectivity index (χ3n) is 5.50. The zero-order valence-corrected chi connectivity index (χ0v) is 14.4. The number of aromatic hydroxyl groups is 1. The Morgan fingerprint density at radius 3 is 2.92 bits per heavy atom. The highest BCUT2D eigenvalue weighted by Gasteiger charge is 2.48. The van der Waals surface area contributed by atoms with Crippen LogP contribution >= 0.6 is 0 Å². The van der Waals surface area contributed by atoms with Gasteiger partial charge in [-0.15, -0.1) is 0 Å². The number of ether oxygens (including phenoxy) is 1. The number of benzene rings is 1. The molecule has 2 aromatic rings. The summed E-state index contributed by atoms with van der Waals surface area (Å²) in [4.78, 5) is 11.4. The van der Waals surface area contributed by atoms with Crippen molar-refractivity contribution in [3.8, 4) is 17.1 Å². The highest BCUT2D eigenvalue weighted by atomic mass is 16.5. The zero-order valence-electron chi connectivity index (χ0n) is 14.4. The van der Waals surface area contributed by atoms with Crippen molar-refractivity contribution in [1.29, 1.82) is 0 Å². The Bertz CT molecular complexity index is 782. The molecule has 2 atom stereocenters. The first-order chi connectivity index (χ1) is 12.1. The number of phenols is 1. The Hall–Kier alpha value is -2.18. The van der Waals surface area contributed by atoms with Gasteiger partial charge in [-0.3, -0.25) is 0 Å². The molecule has 4 rings (SSSR count). The van der Waals surface area contributed by atoms with E-state index in [1.807, 2.05) is 25.1 Å². The Morgan fingerprint density at radius 1 is 1.32 bits per heavy atom. The molecule has 2 saturated heterocycles. The number of hydrogen-bond donors (Lipinski definition) is 2. The predicted molar refractivity (Wildman–Crippen MR) is 94.5 cm³/mol. The third-order valence-corrected chi connectivity index (χ3v) is 5.50. The van der Waals surface area contributed by atoms with Crippen molar-refractivity contribution in [2.75, 3.05) is 37.8 Å². The molecule has 0 radical (unpaired) electrons. The molecule has 132 valence electrons. The van der Waals surface area contributed by atoms with E-state index >= 15 is 0 Å². The molecule has 2 fully saturated rings. The Kier molecular flexibility index (Phi) is 4.09. The molecule has 0 amide bonds. The molecule has 0 unspecified atom stereocenters. The van der Waals surface area contributed by atoms with Crippen molar-refractivity contribution >= 4 is 5.82 Å². The number of phenolic OH excluding ortho intramolecular Hbond substituents is 1. The van der Waals surface area contributed by atoms with Gasteiger partial charge in [-0.05, 0) is 25.5 Å². The van der Waals surface area contributed by atoms with Gasteiger partial charge in [0.2, 0.25) is 0 Å². The molecule has 3 heterocycles. The largest absolute Gasteiger partial charge is 0.507 e. The maximum Gasteiger partial charge on any atom is 0.165 e. The number of aryl methyl sites for hydroxylation is 1. The fraction of sp³-hybridized carbons (Fsp3) is 0.474. The summed E-state index contributed by atoms with van der Waals surface area (Å²) in [6, 6.07) is 9.07. The predicted octanol–water partition coefficient (Wildman–Crippen LogP) is 1.99. The lowest BCUT2D eigenvalue weighted by atomic mass is 9.75. The lowest BCUT2D eigenvalue weighted by Gasteiger charge is -2.36. The third kappa shape index (κ3) is 2.85. The minimum atomic E-state index is -0.105. The standard InChI is InChI=1S/C19H23N3O3/c1-13-8-17(21-18(20-13)15-4-2-3-5-16(15)24)22-9-14-10-25-7-6-19(14,11-22)12-23/h2-5,8,14,23-24H,6-7,9-12H2,1H3/t14-,19-/m1/s1. The van der Waals surface area contributed by atoms with Gasteiger partial charge in [0.05, 0.1) is 18.8 Å². The van der Waals surface area contributed by atoms with Crippen LogP contribution in [0.2, 0.25) is 0 Å². The number of nitrogens with zero attached hydrogens (tertiary/aromatic N) is 3. The Balaban J connectivity index is 1.69. The summed E-state index contributed by atoms with van der Waals surface area (Å²) in [6.45, 7) is 5.09. The monoisotopic (exact) mass is 341 g/mol. The quantitative estimate of drug-likeness (QED) is 0.889. The first-order valence-electron chi connectivity index (χ1n) is 8.69. The van der Waals surface area contributed by atoms with E-state index in [0.29, 0.717) is 30.5 Å². The van der Waals surface area contributed by atoms with Crippen LogP contribution in [0.5, 0.6) is 5.75 Å². The molecule has 2 aliphatic heterocycles. The highest BCUT2D eigenvalue weighted by Crippen LogP contribution is 2.43. The molecule has 0 bridgehead atoms. The lowest BCUT2D eigenvalue weighted by Crippen LogP contribution is -2.41. The summed E-state index contributed by atoms with van der Waals surface area (Å²) in [6.07, 6.45) is 0.876. The van der Waals surface area contributed by atoms with Crippen LogP contribution in [0.4, 0.5) is 5.82 Å². The molecule has 6 nitrogen and oxygen atoms in total. The highest BCUT2D eigenvalue weighted by molar-refractivity contribution is 5.65. The van der Waals surface area contributed by atoms with Crippen molar-refractivity contribution in [3.05, 3.63) is 36.0 Å². The first-order valence-corrected chi connectivity index (χ1v) is 8.69. The second-order valence-corrected chi connectivity index (χ2v) is 7.13. The summed E-state index contributed by atoms with van der Waals surface area (Å²) < 4.78 is 5.62. The minimum absolute atomic E-state index is 0.105. The van der Waals surface area contributed by atoms with Crippen molar-refractivity contribution in [2.45, 2.75) is 13.3 Å². The summed E-state index contributed by atoms with van der Waals surface area (Å²) >= 11 is 0. The Morgan fingerprint density at radius 2 is 2.16 bits per heavy atom. The van der Waals surface area contributed by atoms with Crippen LogP contribution in [0.3, 0.4) is 0 Å². The smallest absolute Gasteiger partial charge is 0.165 e. The van der Waals surface area contributed by atoms with E-state index in [2.05, 4.69) is 9.88 Å². The SMILES string of the molecule is Cc1cc(N2C[C@@H]3COCC[C@]3(CO)C2)nc(-c2ccccc2O)n1. The number of aliphatic hydroxyl groups excluding tert-OH is 1. The van der Waals surface area contributed by atoms with E-state index in [9.17, 15) is 10.2 Å². The van der Waals surface area contributed by atoms with Gasteiger partial charge in [0.25, 0.3) is 0 Å². The van der Waals surface area contributed by atoms with Gasteiger partial charge >= 0.3 is 0 Å². The summed E-state index contributed by atoms with van der Waals surface area (Å²) in [7, 11) is 0. The van der Waals surface area contributed by atoms with Crippen molar-refractivity contribution in [2.24, 2.45) is 11.3 Å². The molecule has 0 aliphatic carbocycles. The molecular formula is C19H23N3O3. The van der Waals surface area contributed by atoms with Gasteiger partial charge in [0.15, 0.2) is 5.82 Å². The van der Waals surface area contributed by atoms with Crippen LogP contribution in [0, 0.1) is 18.3 Å². The van der Waals surface area contributed by atoms with E-state index in [0.717, 1.165) is 31.0 Å². The number of fused-ring (bicyclic) bond motifs is 1. The van der Waals surface area contributed by atoms with Gasteiger partial charge < -0.3 is 19.8 Å². The van der Waals surface area contributed by atoms with E-state index in [1.165, 1.54) is 0 Å². The zero-order chi connectivity index (χ0) is 17.4. The fourth-order valence-corrected chi connectivity index (χ4v) is 3.98. The van der Waals surface area contributed by atoms with Gasteiger partial charge in [-0.2, -0.15) is 0 Å². The molecule has 2 N–H and O–H groups in total. The van der Waals surface area contributed by atoms with Crippen molar-refractivity contribution in [3.63, 3.8) is 0 Å². The number of aromatic nitrogens is 2. The summed E-state index contributed by atoms with van der Waals surface area (Å²) in [5.41, 5.74) is 1.38. The van der Waals surface area contributed by atoms with E-state index in [-0.39, 0.29) is 17.8 Å². The lowest BCUT2D eigenvalue weighted by molar-refractivity contribution is -0.0410. The molecule has 2 aliphatic rings. The van der Waals surface area contributed by atoms with Crippen LogP contribution in [-0.4, -0.2) is 53.1 Å². The number of hydrogen-bond acceptors (Lipinski definition) is 6. The van der Waals surface area contributed by atoms with Crippen LogP contribution in [0.15, 0.2) is 30.3 Å².